The lowest BCUT2D eigenvalue weighted by Crippen LogP contribution is -2.10. The molecule has 108 valence electrons. The minimum absolute atomic E-state index is 0.133. The fourth-order valence-electron chi connectivity index (χ4n) is 1.68. The first-order valence-electron chi connectivity index (χ1n) is 5.74. The third kappa shape index (κ3) is 3.01. The van der Waals surface area contributed by atoms with E-state index in [2.05, 4.69) is 15.4 Å². The summed E-state index contributed by atoms with van der Waals surface area (Å²) in [5.41, 5.74) is 0.351. The molecule has 8 heteroatoms. The molecule has 20 heavy (non-hydrogen) atoms. The van der Waals surface area contributed by atoms with Gasteiger partial charge in [-0.15, -0.1) is 0 Å². The van der Waals surface area contributed by atoms with Crippen LogP contribution in [0.1, 0.15) is 11.3 Å². The van der Waals surface area contributed by atoms with Crippen LogP contribution in [-0.2, 0) is 12.7 Å². The van der Waals surface area contributed by atoms with Gasteiger partial charge in [0.25, 0.3) is 0 Å². The molecule has 2 rings (SSSR count). The predicted molar refractivity (Wildman–Crippen MR) is 66.7 cm³/mol. The minimum Gasteiger partial charge on any atom is -0.496 e. The van der Waals surface area contributed by atoms with E-state index in [1.165, 1.54) is 7.11 Å². The Bertz CT molecular complexity index is 595. The first kappa shape index (κ1) is 14.2. The Balaban J connectivity index is 2.27. The molecule has 0 radical (unpaired) electrons. The Kier molecular flexibility index (Phi) is 3.82. The summed E-state index contributed by atoms with van der Waals surface area (Å²) in [7, 11) is 3.07. The van der Waals surface area contributed by atoms with Crippen LogP contribution in [0.5, 0.6) is 5.75 Å². The lowest BCUT2D eigenvalue weighted by molar-refractivity contribution is -0.141. The number of nitrogens with zero attached hydrogens (tertiary/aromatic N) is 3. The zero-order valence-corrected chi connectivity index (χ0v) is 10.9. The summed E-state index contributed by atoms with van der Waals surface area (Å²) in [6.07, 6.45) is 0.0142. The van der Waals surface area contributed by atoms with Gasteiger partial charge in [-0.2, -0.15) is 18.3 Å². The molecule has 2 aromatic rings. The number of aromatic nitrogens is 3. The van der Waals surface area contributed by atoms with Crippen molar-refractivity contribution >= 4 is 5.69 Å². The van der Waals surface area contributed by atoms with Crippen LogP contribution in [-0.4, -0.2) is 28.9 Å². The molecular weight excluding hydrogens is 273 g/mol. The normalized spacial score (nSPS) is 11.4. The van der Waals surface area contributed by atoms with Crippen LogP contribution in [0.4, 0.5) is 18.9 Å². The molecule has 0 bridgehead atoms. The first-order chi connectivity index (χ1) is 9.44. The van der Waals surface area contributed by atoms with Crippen LogP contribution in [0, 0.1) is 0 Å². The summed E-state index contributed by atoms with van der Waals surface area (Å²) in [4.78, 5) is 3.42. The molecule has 0 amide bonds. The summed E-state index contributed by atoms with van der Waals surface area (Å²) in [6.45, 7) is 0.274. The van der Waals surface area contributed by atoms with E-state index in [9.17, 15) is 13.2 Å². The Morgan fingerprint density at radius 1 is 1.35 bits per heavy atom. The maximum absolute atomic E-state index is 12.6. The molecule has 0 aliphatic rings. The number of hydrogen-bond acceptors (Lipinski definition) is 4. The number of rotatable bonds is 4. The number of pyridine rings is 1. The Hall–Kier alpha value is -2.25. The Morgan fingerprint density at radius 2 is 2.10 bits per heavy atom. The average Bonchev–Trinajstić information content (AvgIpc) is 2.85. The van der Waals surface area contributed by atoms with Gasteiger partial charge in [-0.05, 0) is 0 Å². The van der Waals surface area contributed by atoms with Crippen LogP contribution < -0.4 is 10.1 Å². The molecule has 0 fully saturated rings. The molecule has 1 N–H and O–H groups in total. The molecule has 0 saturated heterocycles. The van der Waals surface area contributed by atoms with Gasteiger partial charge in [-0.1, -0.05) is 0 Å². The molecule has 0 aromatic carbocycles. The van der Waals surface area contributed by atoms with Crippen molar-refractivity contribution in [3.8, 4) is 5.75 Å². The Morgan fingerprint density at radius 3 is 2.65 bits per heavy atom. The summed E-state index contributed by atoms with van der Waals surface area (Å²) < 4.78 is 44.3. The molecule has 0 aliphatic heterocycles. The van der Waals surface area contributed by atoms with Crippen molar-refractivity contribution in [3.63, 3.8) is 0 Å². The van der Waals surface area contributed by atoms with Gasteiger partial charge in [-0.3, -0.25) is 9.67 Å². The van der Waals surface area contributed by atoms with Gasteiger partial charge in [0.15, 0.2) is 0 Å². The topological polar surface area (TPSA) is 52.0 Å². The van der Waals surface area contributed by atoms with Crippen molar-refractivity contribution in [1.82, 2.24) is 14.8 Å². The van der Waals surface area contributed by atoms with Gasteiger partial charge < -0.3 is 10.1 Å². The predicted octanol–water partition coefficient (Wildman–Crippen LogP) is 2.40. The van der Waals surface area contributed by atoms with Crippen molar-refractivity contribution in [1.29, 1.82) is 0 Å². The second-order valence-electron chi connectivity index (χ2n) is 4.06. The van der Waals surface area contributed by atoms with E-state index in [0.29, 0.717) is 5.56 Å². The number of alkyl halides is 3. The Labute approximate surface area is 113 Å². The highest BCUT2D eigenvalue weighted by molar-refractivity contribution is 5.38. The van der Waals surface area contributed by atoms with Crippen LogP contribution in [0.15, 0.2) is 24.7 Å². The molecule has 5 nitrogen and oxygen atoms in total. The van der Waals surface area contributed by atoms with Gasteiger partial charge >= 0.3 is 6.18 Å². The zero-order valence-electron chi connectivity index (χ0n) is 10.9. The van der Waals surface area contributed by atoms with Gasteiger partial charge in [0.1, 0.15) is 11.4 Å². The van der Waals surface area contributed by atoms with E-state index in [1.54, 1.807) is 24.1 Å². The number of hydrogen-bond donors (Lipinski definition) is 1. The van der Waals surface area contributed by atoms with E-state index in [-0.39, 0.29) is 12.3 Å². The van der Waals surface area contributed by atoms with E-state index < -0.39 is 11.9 Å². The van der Waals surface area contributed by atoms with Crippen molar-refractivity contribution < 1.29 is 17.9 Å². The minimum atomic E-state index is -4.49. The number of methoxy groups -OCH3 is 1. The van der Waals surface area contributed by atoms with Gasteiger partial charge in [0.2, 0.25) is 0 Å². The zero-order chi connectivity index (χ0) is 14.8. The molecule has 0 unspecified atom stereocenters. The fourth-order valence-corrected chi connectivity index (χ4v) is 1.68. The van der Waals surface area contributed by atoms with Crippen LogP contribution in [0.2, 0.25) is 0 Å². The molecule has 2 aromatic heterocycles. The average molecular weight is 286 g/mol. The third-order valence-corrected chi connectivity index (χ3v) is 2.71. The quantitative estimate of drug-likeness (QED) is 0.937. The lowest BCUT2D eigenvalue weighted by Gasteiger charge is -2.11. The highest BCUT2D eigenvalue weighted by Crippen LogP contribution is 2.31. The van der Waals surface area contributed by atoms with Gasteiger partial charge in [0, 0.05) is 31.1 Å². The van der Waals surface area contributed by atoms with E-state index in [4.69, 9.17) is 4.74 Å². The molecular formula is C12H13F3N4O. The van der Waals surface area contributed by atoms with Crippen molar-refractivity contribution in [2.24, 2.45) is 0 Å². The van der Waals surface area contributed by atoms with Gasteiger partial charge in [-0.25, -0.2) is 0 Å². The molecule has 0 aliphatic carbocycles. The largest absolute Gasteiger partial charge is 0.496 e. The maximum atomic E-state index is 12.6. The SMILES string of the molecule is CNc1cnn(Cc2cnc(C(F)(F)F)cc2OC)c1. The number of ether oxygens (including phenoxy) is 1. The summed E-state index contributed by atoms with van der Waals surface area (Å²) in [5, 5.41) is 6.99. The second-order valence-corrected chi connectivity index (χ2v) is 4.06. The molecule has 2 heterocycles. The van der Waals surface area contributed by atoms with Crippen molar-refractivity contribution in [3.05, 3.63) is 35.9 Å². The fraction of sp³-hybridized carbons (Fsp3) is 0.333. The second kappa shape index (κ2) is 5.40. The standard InChI is InChI=1S/C12H13F3N4O/c1-16-9-5-18-19(7-9)6-8-4-17-11(12(13,14)15)3-10(8)20-2/h3-5,7,16H,6H2,1-2H3. The summed E-state index contributed by atoms with van der Waals surface area (Å²) in [6, 6.07) is 0.887. The van der Waals surface area contributed by atoms with Crippen molar-refractivity contribution in [2.45, 2.75) is 12.7 Å². The smallest absolute Gasteiger partial charge is 0.433 e. The number of nitrogens with one attached hydrogen (secondary N) is 1. The van der Waals surface area contributed by atoms with E-state index in [0.717, 1.165) is 18.0 Å². The number of halogens is 3. The summed E-state index contributed by atoms with van der Waals surface area (Å²) >= 11 is 0. The van der Waals surface area contributed by atoms with E-state index >= 15 is 0 Å². The van der Waals surface area contributed by atoms with Crippen molar-refractivity contribution in [2.75, 3.05) is 19.5 Å². The maximum Gasteiger partial charge on any atom is 0.433 e. The monoisotopic (exact) mass is 286 g/mol. The van der Waals surface area contributed by atoms with Crippen LogP contribution in [0.25, 0.3) is 0 Å². The first-order valence-corrected chi connectivity index (χ1v) is 5.74. The van der Waals surface area contributed by atoms with Gasteiger partial charge in [0.05, 0.1) is 25.5 Å². The molecule has 0 spiro atoms. The summed E-state index contributed by atoms with van der Waals surface area (Å²) in [5.74, 6) is 0.133. The molecule has 0 atom stereocenters. The van der Waals surface area contributed by atoms with Crippen LogP contribution in [0.3, 0.4) is 0 Å². The highest BCUT2D eigenvalue weighted by atomic mass is 19.4. The van der Waals surface area contributed by atoms with E-state index in [1.807, 2.05) is 0 Å². The third-order valence-electron chi connectivity index (χ3n) is 2.71. The van der Waals surface area contributed by atoms with Crippen LogP contribution >= 0.6 is 0 Å². The molecule has 0 saturated carbocycles. The number of anilines is 1. The highest BCUT2D eigenvalue weighted by Gasteiger charge is 2.33. The lowest BCUT2D eigenvalue weighted by atomic mass is 10.2.